The van der Waals surface area contributed by atoms with E-state index in [-0.39, 0.29) is 0 Å². The third kappa shape index (κ3) is 0.396. The lowest BCUT2D eigenvalue weighted by Crippen LogP contribution is -1.93. The van der Waals surface area contributed by atoms with Gasteiger partial charge in [0.2, 0.25) is 0 Å². The fourth-order valence-corrected chi connectivity index (χ4v) is 1.64. The molecule has 0 N–H and O–H groups in total. The van der Waals surface area contributed by atoms with Crippen molar-refractivity contribution in [3.63, 3.8) is 0 Å². The Morgan fingerprint density at radius 2 is 2.25 bits per heavy atom. The molecule has 1 atom stereocenters. The topological polar surface area (TPSA) is 17.1 Å². The minimum Gasteiger partial charge on any atom is -0.300 e. The second-order valence-electron chi connectivity index (χ2n) is 3.23. The molecule has 0 aromatic carbocycles. The SMILES string of the molecule is CC(=O)[C@@H]1CC12CC2. The Morgan fingerprint density at radius 3 is 2.38 bits per heavy atom. The number of hydrogen-bond donors (Lipinski definition) is 0. The minimum absolute atomic E-state index is 0.419. The van der Waals surface area contributed by atoms with Gasteiger partial charge >= 0.3 is 0 Å². The van der Waals surface area contributed by atoms with Gasteiger partial charge in [-0.2, -0.15) is 0 Å². The fourth-order valence-electron chi connectivity index (χ4n) is 1.64. The predicted octanol–water partition coefficient (Wildman–Crippen LogP) is 1.38. The molecule has 1 heteroatoms. The van der Waals surface area contributed by atoms with Gasteiger partial charge in [-0.05, 0) is 31.6 Å². The summed E-state index contributed by atoms with van der Waals surface area (Å²) in [5.41, 5.74) is 0.589. The van der Waals surface area contributed by atoms with Crippen LogP contribution in [0.2, 0.25) is 0 Å². The van der Waals surface area contributed by atoms with E-state index in [1.165, 1.54) is 19.3 Å². The third-order valence-electron chi connectivity index (χ3n) is 2.57. The molecule has 44 valence electrons. The molecule has 0 bridgehead atoms. The van der Waals surface area contributed by atoms with Crippen LogP contribution in [0.1, 0.15) is 26.2 Å². The van der Waals surface area contributed by atoms with E-state index >= 15 is 0 Å². The highest BCUT2D eigenvalue weighted by Crippen LogP contribution is 2.70. The summed E-state index contributed by atoms with van der Waals surface area (Å²) in [6.07, 6.45) is 3.87. The van der Waals surface area contributed by atoms with Gasteiger partial charge in [-0.15, -0.1) is 0 Å². The minimum atomic E-state index is 0.419. The maximum atomic E-state index is 10.7. The second kappa shape index (κ2) is 0.996. The molecule has 2 aliphatic rings. The molecule has 0 aliphatic heterocycles. The van der Waals surface area contributed by atoms with Crippen molar-refractivity contribution in [3.05, 3.63) is 0 Å². The van der Waals surface area contributed by atoms with E-state index < -0.39 is 0 Å². The fraction of sp³-hybridized carbons (Fsp3) is 0.857. The second-order valence-corrected chi connectivity index (χ2v) is 3.23. The highest BCUT2D eigenvalue weighted by Gasteiger charge is 2.64. The van der Waals surface area contributed by atoms with E-state index in [9.17, 15) is 4.79 Å². The highest BCUT2D eigenvalue weighted by atomic mass is 16.1. The number of hydrogen-bond acceptors (Lipinski definition) is 1. The number of rotatable bonds is 1. The predicted molar refractivity (Wildman–Crippen MR) is 30.5 cm³/mol. The van der Waals surface area contributed by atoms with E-state index in [0.29, 0.717) is 17.1 Å². The molecule has 2 aliphatic carbocycles. The van der Waals surface area contributed by atoms with Crippen molar-refractivity contribution in [2.24, 2.45) is 11.3 Å². The summed E-state index contributed by atoms with van der Waals surface area (Å²) in [7, 11) is 0. The summed E-state index contributed by atoms with van der Waals surface area (Å²) >= 11 is 0. The van der Waals surface area contributed by atoms with Crippen LogP contribution in [-0.4, -0.2) is 5.78 Å². The van der Waals surface area contributed by atoms with Gasteiger partial charge in [0.1, 0.15) is 5.78 Å². The Balaban J connectivity index is 2.06. The quantitative estimate of drug-likeness (QED) is 0.498. The van der Waals surface area contributed by atoms with Gasteiger partial charge < -0.3 is 0 Å². The summed E-state index contributed by atoms with van der Waals surface area (Å²) < 4.78 is 0. The van der Waals surface area contributed by atoms with E-state index in [2.05, 4.69) is 0 Å². The van der Waals surface area contributed by atoms with Crippen molar-refractivity contribution in [1.82, 2.24) is 0 Å². The van der Waals surface area contributed by atoms with Crippen LogP contribution in [-0.2, 0) is 4.79 Å². The number of ketones is 1. The van der Waals surface area contributed by atoms with Gasteiger partial charge in [-0.1, -0.05) is 0 Å². The van der Waals surface area contributed by atoms with Crippen LogP contribution in [0.5, 0.6) is 0 Å². The van der Waals surface area contributed by atoms with E-state index in [4.69, 9.17) is 0 Å². The Kier molecular flexibility index (Phi) is 0.565. The maximum Gasteiger partial charge on any atom is 0.133 e. The van der Waals surface area contributed by atoms with Crippen LogP contribution in [0, 0.1) is 11.3 Å². The van der Waals surface area contributed by atoms with Crippen molar-refractivity contribution in [1.29, 1.82) is 0 Å². The zero-order chi connectivity index (χ0) is 5.78. The molecule has 0 aromatic rings. The molecule has 0 saturated heterocycles. The Labute approximate surface area is 49.1 Å². The summed E-state index contributed by atoms with van der Waals surface area (Å²) in [6, 6.07) is 0. The van der Waals surface area contributed by atoms with Gasteiger partial charge in [0, 0.05) is 5.92 Å². The van der Waals surface area contributed by atoms with Crippen molar-refractivity contribution in [2.75, 3.05) is 0 Å². The van der Waals surface area contributed by atoms with Crippen LogP contribution in [0.25, 0.3) is 0 Å². The van der Waals surface area contributed by atoms with Crippen molar-refractivity contribution < 1.29 is 4.79 Å². The first-order valence-electron chi connectivity index (χ1n) is 3.25. The summed E-state index contributed by atoms with van der Waals surface area (Å²) in [6.45, 7) is 1.72. The molecule has 2 rings (SSSR count). The molecule has 0 heterocycles. The molecule has 8 heavy (non-hydrogen) atoms. The Hall–Kier alpha value is -0.330. The standard InChI is InChI=1S/C7H10O/c1-5(8)6-4-7(6)2-3-7/h6H,2-4H2,1H3/t6-/m0/s1. The van der Waals surface area contributed by atoms with Crippen molar-refractivity contribution >= 4 is 5.78 Å². The summed E-state index contributed by atoms with van der Waals surface area (Å²) in [4.78, 5) is 10.7. The molecule has 2 fully saturated rings. The molecule has 2 saturated carbocycles. The van der Waals surface area contributed by atoms with E-state index in [0.717, 1.165) is 0 Å². The van der Waals surface area contributed by atoms with Crippen LogP contribution in [0.4, 0.5) is 0 Å². The van der Waals surface area contributed by atoms with Gasteiger partial charge in [0.25, 0.3) is 0 Å². The number of carbonyl (C=O) groups excluding carboxylic acids is 1. The average Bonchev–Trinajstić information content (AvgIpc) is 2.50. The first kappa shape index (κ1) is 4.54. The van der Waals surface area contributed by atoms with Crippen LogP contribution in [0.3, 0.4) is 0 Å². The van der Waals surface area contributed by atoms with Gasteiger partial charge in [-0.3, -0.25) is 4.79 Å². The number of carbonyl (C=O) groups is 1. The van der Waals surface area contributed by atoms with Crippen LogP contribution < -0.4 is 0 Å². The molecular weight excluding hydrogens is 100 g/mol. The molecule has 1 spiro atoms. The largest absolute Gasteiger partial charge is 0.300 e. The van der Waals surface area contributed by atoms with Crippen molar-refractivity contribution in [3.8, 4) is 0 Å². The molecule has 0 radical (unpaired) electrons. The van der Waals surface area contributed by atoms with Gasteiger partial charge in [0.15, 0.2) is 0 Å². The van der Waals surface area contributed by atoms with Gasteiger partial charge in [-0.25, -0.2) is 0 Å². The highest BCUT2D eigenvalue weighted by molar-refractivity contribution is 5.83. The first-order valence-corrected chi connectivity index (χ1v) is 3.25. The van der Waals surface area contributed by atoms with Crippen LogP contribution in [0.15, 0.2) is 0 Å². The molecule has 0 aromatic heterocycles. The monoisotopic (exact) mass is 110 g/mol. The van der Waals surface area contributed by atoms with E-state index in [1.54, 1.807) is 6.92 Å². The Morgan fingerprint density at radius 1 is 1.62 bits per heavy atom. The maximum absolute atomic E-state index is 10.7. The smallest absolute Gasteiger partial charge is 0.133 e. The van der Waals surface area contributed by atoms with Crippen molar-refractivity contribution in [2.45, 2.75) is 26.2 Å². The zero-order valence-corrected chi connectivity index (χ0v) is 5.11. The van der Waals surface area contributed by atoms with Gasteiger partial charge in [0.05, 0.1) is 0 Å². The molecule has 1 nitrogen and oxygen atoms in total. The Bertz CT molecular complexity index is 144. The lowest BCUT2D eigenvalue weighted by Gasteiger charge is -1.83. The zero-order valence-electron chi connectivity index (χ0n) is 5.11. The van der Waals surface area contributed by atoms with Crippen LogP contribution >= 0.6 is 0 Å². The normalized spacial score (nSPS) is 37.4. The number of Topliss-reactive ketones (excluding diaryl/α,β-unsaturated/α-hetero) is 1. The lowest BCUT2D eigenvalue weighted by molar-refractivity contribution is -0.118. The molecule has 0 unspecified atom stereocenters. The molecular formula is C7H10O. The first-order chi connectivity index (χ1) is 3.75. The molecule has 0 amide bonds. The average molecular weight is 110 g/mol. The third-order valence-corrected chi connectivity index (χ3v) is 2.57. The summed E-state index contributed by atoms with van der Waals surface area (Å²) in [5, 5.41) is 0. The van der Waals surface area contributed by atoms with E-state index in [1.807, 2.05) is 0 Å². The summed E-state index contributed by atoms with van der Waals surface area (Å²) in [5.74, 6) is 0.907. The lowest BCUT2D eigenvalue weighted by atomic mass is 10.2.